The van der Waals surface area contributed by atoms with Gasteiger partial charge in [-0.3, -0.25) is 0 Å². The lowest BCUT2D eigenvalue weighted by Crippen LogP contribution is -2.14. The minimum Gasteiger partial charge on any atom is -0.434 e. The Bertz CT molecular complexity index is 343. The summed E-state index contributed by atoms with van der Waals surface area (Å²) in [5.41, 5.74) is 0.109. The predicted octanol–water partition coefficient (Wildman–Crippen LogP) is 1.30. The van der Waals surface area contributed by atoms with E-state index in [1.54, 1.807) is 6.92 Å². The molecule has 0 aromatic carbocycles. The normalized spacial score (nSPS) is 9.57. The number of aryl methyl sites for hydroxylation is 1. The maximum Gasteiger partial charge on any atom is 0.516 e. The molecule has 0 spiro atoms. The molecule has 0 aliphatic rings. The van der Waals surface area contributed by atoms with E-state index in [2.05, 4.69) is 19.2 Å². The quantitative estimate of drug-likeness (QED) is 0.527. The molecular formula is C8H9NO5. The van der Waals surface area contributed by atoms with Gasteiger partial charge in [0.1, 0.15) is 11.3 Å². The first-order valence-corrected chi connectivity index (χ1v) is 3.95. The second-order valence-corrected chi connectivity index (χ2v) is 2.37. The van der Waals surface area contributed by atoms with Crippen LogP contribution < -0.4 is 0 Å². The van der Waals surface area contributed by atoms with Gasteiger partial charge in [-0.15, -0.1) is 0 Å². The van der Waals surface area contributed by atoms with Crippen molar-refractivity contribution in [1.29, 1.82) is 0 Å². The molecule has 0 saturated carbocycles. The number of hydrogen-bond donors (Lipinski definition) is 0. The van der Waals surface area contributed by atoms with Crippen LogP contribution in [-0.2, 0) is 9.47 Å². The molecule has 0 bridgehead atoms. The lowest BCUT2D eigenvalue weighted by molar-refractivity contribution is 0.0400. The van der Waals surface area contributed by atoms with E-state index in [1.165, 1.54) is 13.1 Å². The summed E-state index contributed by atoms with van der Waals surface area (Å²) in [6.45, 7) is 3.29. The summed E-state index contributed by atoms with van der Waals surface area (Å²) >= 11 is 0. The zero-order valence-electron chi connectivity index (χ0n) is 7.77. The number of rotatable bonds is 2. The first kappa shape index (κ1) is 10.2. The fourth-order valence-corrected chi connectivity index (χ4v) is 0.773. The monoisotopic (exact) mass is 199 g/mol. The van der Waals surface area contributed by atoms with Gasteiger partial charge in [-0.25, -0.2) is 9.59 Å². The Kier molecular flexibility index (Phi) is 3.22. The summed E-state index contributed by atoms with van der Waals surface area (Å²) in [7, 11) is 0. The van der Waals surface area contributed by atoms with Crippen LogP contribution in [0.15, 0.2) is 10.7 Å². The van der Waals surface area contributed by atoms with E-state index in [0.717, 1.165) is 0 Å². The molecule has 1 rings (SSSR count). The number of nitrogens with zero attached hydrogens (tertiary/aromatic N) is 1. The first-order chi connectivity index (χ1) is 6.65. The van der Waals surface area contributed by atoms with Crippen molar-refractivity contribution in [1.82, 2.24) is 5.16 Å². The van der Waals surface area contributed by atoms with Crippen LogP contribution >= 0.6 is 0 Å². The van der Waals surface area contributed by atoms with Gasteiger partial charge in [0.05, 0.1) is 12.8 Å². The lowest BCUT2D eigenvalue weighted by atomic mass is 10.3. The number of esters is 1. The summed E-state index contributed by atoms with van der Waals surface area (Å²) in [6, 6.07) is 0. The molecule has 0 amide bonds. The van der Waals surface area contributed by atoms with Gasteiger partial charge in [-0.2, -0.15) is 0 Å². The van der Waals surface area contributed by atoms with Crippen LogP contribution in [0.25, 0.3) is 0 Å². The van der Waals surface area contributed by atoms with Crippen LogP contribution in [0.5, 0.6) is 0 Å². The molecule has 0 saturated heterocycles. The van der Waals surface area contributed by atoms with Crippen molar-refractivity contribution in [2.75, 3.05) is 6.61 Å². The first-order valence-electron chi connectivity index (χ1n) is 3.95. The molecule has 0 aliphatic carbocycles. The van der Waals surface area contributed by atoms with Gasteiger partial charge in [-0.05, 0) is 13.8 Å². The van der Waals surface area contributed by atoms with Crippen molar-refractivity contribution < 1.29 is 23.6 Å². The summed E-state index contributed by atoms with van der Waals surface area (Å²) in [5, 5.41) is 3.37. The van der Waals surface area contributed by atoms with Crippen LogP contribution in [0.4, 0.5) is 4.79 Å². The molecule has 1 aromatic rings. The molecule has 1 heterocycles. The minimum atomic E-state index is -1.03. The number of aromatic nitrogens is 1. The van der Waals surface area contributed by atoms with Gasteiger partial charge >= 0.3 is 12.1 Å². The topological polar surface area (TPSA) is 78.6 Å². The smallest absolute Gasteiger partial charge is 0.434 e. The average molecular weight is 199 g/mol. The van der Waals surface area contributed by atoms with E-state index in [-0.39, 0.29) is 12.2 Å². The second kappa shape index (κ2) is 4.40. The molecule has 0 N–H and O–H groups in total. The van der Waals surface area contributed by atoms with Crippen LogP contribution in [0.1, 0.15) is 23.0 Å². The molecule has 6 nitrogen and oxygen atoms in total. The highest BCUT2D eigenvalue weighted by molar-refractivity contribution is 5.95. The summed E-state index contributed by atoms with van der Waals surface area (Å²) in [5.74, 6) is -0.540. The molecule has 76 valence electrons. The van der Waals surface area contributed by atoms with Crippen LogP contribution in [0, 0.1) is 6.92 Å². The summed E-state index contributed by atoms with van der Waals surface area (Å²) in [4.78, 5) is 21.9. The highest BCUT2D eigenvalue weighted by Gasteiger charge is 2.18. The fourth-order valence-electron chi connectivity index (χ4n) is 0.773. The Hall–Kier alpha value is -1.85. The Morgan fingerprint density at radius 3 is 2.79 bits per heavy atom. The van der Waals surface area contributed by atoms with E-state index in [4.69, 9.17) is 0 Å². The Balaban J connectivity index is 2.59. The lowest BCUT2D eigenvalue weighted by Gasteiger charge is -2.00. The predicted molar refractivity (Wildman–Crippen MR) is 43.7 cm³/mol. The second-order valence-electron chi connectivity index (χ2n) is 2.37. The number of hydrogen-bond acceptors (Lipinski definition) is 6. The number of carbonyl (C=O) groups excluding carboxylic acids is 2. The molecule has 6 heteroatoms. The zero-order valence-corrected chi connectivity index (χ0v) is 7.77. The molecule has 14 heavy (non-hydrogen) atoms. The molecule has 0 fully saturated rings. The third-order valence-corrected chi connectivity index (χ3v) is 1.41. The van der Waals surface area contributed by atoms with Gasteiger partial charge in [0.15, 0.2) is 0 Å². The third-order valence-electron chi connectivity index (χ3n) is 1.41. The number of ether oxygens (including phenoxy) is 2. The Morgan fingerprint density at radius 1 is 1.57 bits per heavy atom. The van der Waals surface area contributed by atoms with E-state index >= 15 is 0 Å². The van der Waals surface area contributed by atoms with Gasteiger partial charge in [0.25, 0.3) is 0 Å². The van der Waals surface area contributed by atoms with E-state index in [9.17, 15) is 9.59 Å². The maximum atomic E-state index is 11.2. The van der Waals surface area contributed by atoms with Gasteiger partial charge in [-0.1, -0.05) is 5.16 Å². The van der Waals surface area contributed by atoms with Gasteiger partial charge < -0.3 is 14.0 Å². The van der Waals surface area contributed by atoms with Gasteiger partial charge in [0.2, 0.25) is 0 Å². The van der Waals surface area contributed by atoms with Crippen LogP contribution in [-0.4, -0.2) is 23.9 Å². The number of carbonyl (C=O) groups is 2. The Morgan fingerprint density at radius 2 is 2.29 bits per heavy atom. The highest BCUT2D eigenvalue weighted by atomic mass is 16.7. The highest BCUT2D eigenvalue weighted by Crippen LogP contribution is 2.07. The fraction of sp³-hybridized carbons (Fsp3) is 0.375. The van der Waals surface area contributed by atoms with Crippen molar-refractivity contribution in [2.45, 2.75) is 13.8 Å². The summed E-state index contributed by atoms with van der Waals surface area (Å²) < 4.78 is 13.4. The van der Waals surface area contributed by atoms with Crippen molar-refractivity contribution >= 4 is 12.1 Å². The van der Waals surface area contributed by atoms with E-state index in [1.807, 2.05) is 0 Å². The minimum absolute atomic E-state index is 0.109. The van der Waals surface area contributed by atoms with E-state index < -0.39 is 12.1 Å². The molecule has 0 unspecified atom stereocenters. The molecule has 0 radical (unpaired) electrons. The van der Waals surface area contributed by atoms with E-state index in [0.29, 0.717) is 5.76 Å². The maximum absolute atomic E-state index is 11.2. The van der Waals surface area contributed by atoms with Crippen LogP contribution in [0.2, 0.25) is 0 Å². The average Bonchev–Trinajstić information content (AvgIpc) is 2.51. The Labute approximate surface area is 79.8 Å². The molecular weight excluding hydrogens is 190 g/mol. The van der Waals surface area contributed by atoms with Crippen LogP contribution in [0.3, 0.4) is 0 Å². The third kappa shape index (κ3) is 2.32. The molecule has 0 atom stereocenters. The summed E-state index contributed by atoms with van der Waals surface area (Å²) in [6.07, 6.45) is 0.148. The van der Waals surface area contributed by atoms with Crippen molar-refractivity contribution in [3.63, 3.8) is 0 Å². The largest absolute Gasteiger partial charge is 0.516 e. The zero-order chi connectivity index (χ0) is 10.6. The molecule has 0 aliphatic heterocycles. The van der Waals surface area contributed by atoms with Gasteiger partial charge in [0, 0.05) is 0 Å². The standard InChI is InChI=1S/C8H9NO5/c1-3-12-8(11)13-7(10)6-4-9-14-5(6)2/h4H,3H2,1-2H3. The van der Waals surface area contributed by atoms with Crippen molar-refractivity contribution in [3.05, 3.63) is 17.5 Å². The molecule has 1 aromatic heterocycles. The van der Waals surface area contributed by atoms with Crippen molar-refractivity contribution in [2.24, 2.45) is 0 Å². The van der Waals surface area contributed by atoms with Crippen molar-refractivity contribution in [3.8, 4) is 0 Å². The SMILES string of the molecule is CCOC(=O)OC(=O)c1cnoc1C.